The molecule has 1 aromatic carbocycles. The molecular formula is C17H28OS. The summed E-state index contributed by atoms with van der Waals surface area (Å²) in [5.41, 5.74) is 2.72. The van der Waals surface area contributed by atoms with Crippen LogP contribution in [0.4, 0.5) is 0 Å². The molecule has 0 amide bonds. The van der Waals surface area contributed by atoms with E-state index in [-0.39, 0.29) is 5.41 Å². The van der Waals surface area contributed by atoms with Crippen molar-refractivity contribution in [2.45, 2.75) is 52.9 Å². The molecule has 108 valence electrons. The number of ether oxygens (including phenoxy) is 1. The first-order chi connectivity index (χ1) is 8.84. The van der Waals surface area contributed by atoms with Crippen LogP contribution in [0.1, 0.15) is 51.7 Å². The van der Waals surface area contributed by atoms with Gasteiger partial charge in [0, 0.05) is 0 Å². The fourth-order valence-corrected chi connectivity index (χ4v) is 2.53. The molecule has 0 saturated heterocycles. The van der Waals surface area contributed by atoms with Crippen LogP contribution < -0.4 is 4.74 Å². The van der Waals surface area contributed by atoms with Gasteiger partial charge in [-0.15, -0.1) is 0 Å². The first-order valence-electron chi connectivity index (χ1n) is 7.19. The smallest absolute Gasteiger partial charge is 0.123 e. The van der Waals surface area contributed by atoms with Crippen molar-refractivity contribution >= 4 is 12.6 Å². The van der Waals surface area contributed by atoms with Gasteiger partial charge < -0.3 is 4.74 Å². The lowest BCUT2D eigenvalue weighted by Gasteiger charge is -2.23. The Balaban J connectivity index is 2.68. The number of benzene rings is 1. The Morgan fingerprint density at radius 2 is 1.89 bits per heavy atom. The van der Waals surface area contributed by atoms with Gasteiger partial charge in [0.1, 0.15) is 5.75 Å². The Morgan fingerprint density at radius 3 is 2.47 bits per heavy atom. The maximum Gasteiger partial charge on any atom is 0.123 e. The van der Waals surface area contributed by atoms with Gasteiger partial charge in [-0.2, -0.15) is 12.6 Å². The minimum absolute atomic E-state index is 0.123. The van der Waals surface area contributed by atoms with Crippen molar-refractivity contribution in [3.63, 3.8) is 0 Å². The number of rotatable bonds is 6. The molecule has 0 N–H and O–H groups in total. The maximum atomic E-state index is 6.01. The average molecular weight is 280 g/mol. The summed E-state index contributed by atoms with van der Waals surface area (Å²) >= 11 is 4.28. The number of hydrogen-bond acceptors (Lipinski definition) is 2. The van der Waals surface area contributed by atoms with Gasteiger partial charge in [0.05, 0.1) is 6.61 Å². The number of aryl methyl sites for hydroxylation is 1. The zero-order chi connectivity index (χ0) is 14.5. The summed E-state index contributed by atoms with van der Waals surface area (Å²) in [5, 5.41) is 0. The van der Waals surface area contributed by atoms with E-state index in [0.717, 1.165) is 31.0 Å². The van der Waals surface area contributed by atoms with Gasteiger partial charge in [0.15, 0.2) is 0 Å². The lowest BCUT2D eigenvalue weighted by molar-refractivity contribution is 0.276. The number of hydrogen-bond donors (Lipinski definition) is 1. The van der Waals surface area contributed by atoms with E-state index in [2.05, 4.69) is 65.4 Å². The van der Waals surface area contributed by atoms with E-state index in [0.29, 0.717) is 5.92 Å². The molecule has 0 aliphatic rings. The van der Waals surface area contributed by atoms with E-state index >= 15 is 0 Å². The monoisotopic (exact) mass is 280 g/mol. The molecule has 0 fully saturated rings. The fraction of sp³-hybridized carbons (Fsp3) is 0.647. The van der Waals surface area contributed by atoms with E-state index in [1.807, 2.05) is 0 Å². The van der Waals surface area contributed by atoms with Crippen molar-refractivity contribution in [1.82, 2.24) is 0 Å². The second kappa shape index (κ2) is 7.23. The molecule has 0 aliphatic carbocycles. The molecule has 1 nitrogen and oxygen atoms in total. The van der Waals surface area contributed by atoms with Crippen LogP contribution in [-0.2, 0) is 5.41 Å². The standard InChI is InChI=1S/C17H28OS/c1-13(9-11-19)8-10-18-16-7-6-14(2)12-15(16)17(3,4)5/h6-7,12-13,19H,8-11H2,1-5H3. The van der Waals surface area contributed by atoms with Crippen molar-refractivity contribution in [1.29, 1.82) is 0 Å². The van der Waals surface area contributed by atoms with Crippen LogP contribution in [0.15, 0.2) is 18.2 Å². The van der Waals surface area contributed by atoms with Gasteiger partial charge in [-0.1, -0.05) is 45.4 Å². The topological polar surface area (TPSA) is 9.23 Å². The van der Waals surface area contributed by atoms with Crippen LogP contribution in [-0.4, -0.2) is 12.4 Å². The van der Waals surface area contributed by atoms with Crippen molar-refractivity contribution in [2.75, 3.05) is 12.4 Å². The average Bonchev–Trinajstić information content (AvgIpc) is 2.30. The molecular weight excluding hydrogens is 252 g/mol. The van der Waals surface area contributed by atoms with E-state index in [1.165, 1.54) is 11.1 Å². The van der Waals surface area contributed by atoms with Crippen molar-refractivity contribution in [2.24, 2.45) is 5.92 Å². The minimum atomic E-state index is 0.123. The summed E-state index contributed by atoms with van der Waals surface area (Å²) in [6.07, 6.45) is 2.25. The van der Waals surface area contributed by atoms with Crippen molar-refractivity contribution in [3.05, 3.63) is 29.3 Å². The van der Waals surface area contributed by atoms with Crippen LogP contribution in [0.5, 0.6) is 5.75 Å². The van der Waals surface area contributed by atoms with Gasteiger partial charge in [-0.05, 0) is 48.5 Å². The van der Waals surface area contributed by atoms with E-state index < -0.39 is 0 Å². The highest BCUT2D eigenvalue weighted by molar-refractivity contribution is 7.80. The van der Waals surface area contributed by atoms with Crippen molar-refractivity contribution in [3.8, 4) is 5.75 Å². The van der Waals surface area contributed by atoms with E-state index in [9.17, 15) is 0 Å². The highest BCUT2D eigenvalue weighted by Gasteiger charge is 2.19. The third kappa shape index (κ3) is 5.48. The van der Waals surface area contributed by atoms with E-state index in [1.54, 1.807) is 0 Å². The largest absolute Gasteiger partial charge is 0.493 e. The quantitative estimate of drug-likeness (QED) is 0.720. The summed E-state index contributed by atoms with van der Waals surface area (Å²) in [7, 11) is 0. The molecule has 0 spiro atoms. The van der Waals surface area contributed by atoms with Crippen LogP contribution >= 0.6 is 12.6 Å². The maximum absolute atomic E-state index is 6.01. The van der Waals surface area contributed by atoms with Crippen molar-refractivity contribution < 1.29 is 4.74 Å². The lowest BCUT2D eigenvalue weighted by Crippen LogP contribution is -2.14. The number of thiol groups is 1. The first-order valence-corrected chi connectivity index (χ1v) is 7.82. The lowest BCUT2D eigenvalue weighted by atomic mass is 9.85. The Bertz CT molecular complexity index is 393. The fourth-order valence-electron chi connectivity index (χ4n) is 2.09. The molecule has 1 rings (SSSR count). The summed E-state index contributed by atoms with van der Waals surface area (Å²) in [6.45, 7) is 11.9. The highest BCUT2D eigenvalue weighted by Crippen LogP contribution is 2.32. The van der Waals surface area contributed by atoms with Crippen LogP contribution in [0.2, 0.25) is 0 Å². The molecule has 0 bridgehead atoms. The zero-order valence-electron chi connectivity index (χ0n) is 13.0. The highest BCUT2D eigenvalue weighted by atomic mass is 32.1. The molecule has 19 heavy (non-hydrogen) atoms. The Hall–Kier alpha value is -0.630. The Labute approximate surface area is 124 Å². The summed E-state index contributed by atoms with van der Waals surface area (Å²) in [4.78, 5) is 0. The minimum Gasteiger partial charge on any atom is -0.493 e. The Morgan fingerprint density at radius 1 is 1.21 bits per heavy atom. The third-order valence-corrected chi connectivity index (χ3v) is 3.69. The Kier molecular flexibility index (Phi) is 6.25. The molecule has 1 atom stereocenters. The molecule has 0 aliphatic heterocycles. The van der Waals surface area contributed by atoms with Gasteiger partial charge in [0.2, 0.25) is 0 Å². The van der Waals surface area contributed by atoms with Gasteiger partial charge in [0.25, 0.3) is 0 Å². The second-order valence-electron chi connectivity index (χ2n) is 6.50. The van der Waals surface area contributed by atoms with Crippen LogP contribution in [0.25, 0.3) is 0 Å². The molecule has 0 heterocycles. The van der Waals surface area contributed by atoms with Gasteiger partial charge in [-0.3, -0.25) is 0 Å². The van der Waals surface area contributed by atoms with Crippen LogP contribution in [0, 0.1) is 12.8 Å². The molecule has 0 saturated carbocycles. The zero-order valence-corrected chi connectivity index (χ0v) is 13.9. The molecule has 2 heteroatoms. The second-order valence-corrected chi connectivity index (χ2v) is 6.95. The predicted molar refractivity (Wildman–Crippen MR) is 87.6 cm³/mol. The van der Waals surface area contributed by atoms with Gasteiger partial charge >= 0.3 is 0 Å². The summed E-state index contributed by atoms with van der Waals surface area (Å²) < 4.78 is 6.01. The third-order valence-electron chi connectivity index (χ3n) is 3.43. The SMILES string of the molecule is Cc1ccc(OCCC(C)CCS)c(C(C)(C)C)c1. The molecule has 1 unspecified atom stereocenters. The summed E-state index contributed by atoms with van der Waals surface area (Å²) in [5.74, 6) is 2.68. The molecule has 0 aromatic heterocycles. The van der Waals surface area contributed by atoms with Gasteiger partial charge in [-0.25, -0.2) is 0 Å². The first kappa shape index (κ1) is 16.4. The normalized spacial score (nSPS) is 13.4. The summed E-state index contributed by atoms with van der Waals surface area (Å²) in [6, 6.07) is 6.48. The van der Waals surface area contributed by atoms with E-state index in [4.69, 9.17) is 4.74 Å². The van der Waals surface area contributed by atoms with Crippen LogP contribution in [0.3, 0.4) is 0 Å². The molecule has 0 radical (unpaired) electrons. The molecule has 1 aromatic rings. The predicted octanol–water partition coefficient (Wildman–Crippen LogP) is 5.02.